The van der Waals surface area contributed by atoms with Crippen LogP contribution in [0.4, 0.5) is 6.01 Å². The number of amides is 1. The Labute approximate surface area is 181 Å². The van der Waals surface area contributed by atoms with Gasteiger partial charge in [-0.15, -0.1) is 5.10 Å². The second kappa shape index (κ2) is 9.40. The van der Waals surface area contributed by atoms with Gasteiger partial charge in [0.15, 0.2) is 0 Å². The first-order valence-corrected chi connectivity index (χ1v) is 11.4. The van der Waals surface area contributed by atoms with Gasteiger partial charge in [-0.2, -0.15) is 5.10 Å². The molecule has 0 radical (unpaired) electrons. The highest BCUT2D eigenvalue weighted by Crippen LogP contribution is 2.20. The largest absolute Gasteiger partial charge is 0.401 e. The number of sulfonamides is 1. The van der Waals surface area contributed by atoms with E-state index in [2.05, 4.69) is 20.6 Å². The van der Waals surface area contributed by atoms with Gasteiger partial charge in [0.25, 0.3) is 11.8 Å². The summed E-state index contributed by atoms with van der Waals surface area (Å²) in [6, 6.07) is 7.56. The third-order valence-corrected chi connectivity index (χ3v) is 6.52. The molecule has 0 aliphatic rings. The lowest BCUT2D eigenvalue weighted by Gasteiger charge is -2.16. The average Bonchev–Trinajstić information content (AvgIpc) is 3.41. The summed E-state index contributed by atoms with van der Waals surface area (Å²) in [5.74, 6) is -0.308. The number of nitrogens with one attached hydrogen (secondary N) is 1. The third kappa shape index (κ3) is 5.17. The lowest BCUT2D eigenvalue weighted by atomic mass is 10.2. The zero-order chi connectivity index (χ0) is 22.6. The smallest absolute Gasteiger partial charge is 0.322 e. The van der Waals surface area contributed by atoms with Gasteiger partial charge < -0.3 is 4.42 Å². The highest BCUT2D eigenvalue weighted by molar-refractivity contribution is 7.89. The van der Waals surface area contributed by atoms with E-state index in [0.29, 0.717) is 12.2 Å². The van der Waals surface area contributed by atoms with Crippen molar-refractivity contribution in [3.63, 3.8) is 0 Å². The Morgan fingerprint density at radius 3 is 2.52 bits per heavy atom. The van der Waals surface area contributed by atoms with E-state index in [1.54, 1.807) is 24.0 Å². The summed E-state index contributed by atoms with van der Waals surface area (Å²) in [4.78, 5) is 12.6. The Hall–Kier alpha value is -3.05. The molecule has 0 spiro atoms. The first kappa shape index (κ1) is 22.6. The molecule has 0 bridgehead atoms. The molecule has 0 saturated carbocycles. The maximum Gasteiger partial charge on any atom is 0.322 e. The fourth-order valence-electron chi connectivity index (χ4n) is 2.75. The second-order valence-corrected chi connectivity index (χ2v) is 9.39. The van der Waals surface area contributed by atoms with Crippen molar-refractivity contribution >= 4 is 21.9 Å². The minimum absolute atomic E-state index is 0.0740. The maximum atomic E-state index is 12.6. The van der Waals surface area contributed by atoms with Crippen molar-refractivity contribution < 1.29 is 17.6 Å². The lowest BCUT2D eigenvalue weighted by Crippen LogP contribution is -2.28. The number of unbranched alkanes of at least 4 members (excludes halogenated alkanes) is 1. The number of carbonyl (C=O) groups excluding carboxylic acids is 1. The van der Waals surface area contributed by atoms with E-state index in [-0.39, 0.29) is 28.4 Å². The maximum absolute atomic E-state index is 12.6. The van der Waals surface area contributed by atoms with Crippen LogP contribution in [0.2, 0.25) is 0 Å². The van der Waals surface area contributed by atoms with Gasteiger partial charge in [-0.05, 0) is 50.6 Å². The van der Waals surface area contributed by atoms with Crippen molar-refractivity contribution in [2.75, 3.05) is 18.9 Å². The van der Waals surface area contributed by atoms with Crippen molar-refractivity contribution in [2.45, 2.75) is 44.6 Å². The summed E-state index contributed by atoms with van der Waals surface area (Å²) in [6.07, 6.45) is 3.48. The first-order valence-electron chi connectivity index (χ1n) is 9.99. The molecule has 10 nitrogen and oxygen atoms in total. The van der Waals surface area contributed by atoms with E-state index in [9.17, 15) is 13.2 Å². The first-order chi connectivity index (χ1) is 14.7. The van der Waals surface area contributed by atoms with Crippen LogP contribution in [0.1, 0.15) is 50.0 Å². The predicted molar refractivity (Wildman–Crippen MR) is 115 cm³/mol. The van der Waals surface area contributed by atoms with Gasteiger partial charge in [0.1, 0.15) is 5.69 Å². The van der Waals surface area contributed by atoms with Gasteiger partial charge in [-0.25, -0.2) is 12.7 Å². The Morgan fingerprint density at radius 2 is 1.90 bits per heavy atom. The molecule has 166 valence electrons. The average molecular weight is 447 g/mol. The highest BCUT2D eigenvalue weighted by Gasteiger charge is 2.21. The Balaban J connectivity index is 1.68. The fourth-order valence-corrected chi connectivity index (χ4v) is 3.95. The standard InChI is InChI=1S/C20H26N6O4S/c1-5-6-12-25(4)31(28,29)16-9-7-15(8-10-16)18(27)21-20-23-22-19(30-20)17-11-13-26(24-17)14(2)3/h7-11,13-14H,5-6,12H2,1-4H3,(H,21,23,27). The summed E-state index contributed by atoms with van der Waals surface area (Å²) in [5, 5.41) is 14.6. The molecule has 0 unspecified atom stereocenters. The molecule has 3 rings (SSSR count). The predicted octanol–water partition coefficient (Wildman–Crippen LogP) is 3.19. The van der Waals surface area contributed by atoms with E-state index in [0.717, 1.165) is 12.8 Å². The number of nitrogens with zero attached hydrogens (tertiary/aromatic N) is 5. The number of anilines is 1. The molecule has 0 aliphatic heterocycles. The number of rotatable bonds is 9. The molecule has 0 saturated heterocycles. The summed E-state index contributed by atoms with van der Waals surface area (Å²) in [7, 11) is -2.05. The number of carbonyl (C=O) groups is 1. The minimum atomic E-state index is -3.59. The number of hydrogen-bond acceptors (Lipinski definition) is 7. The van der Waals surface area contributed by atoms with Gasteiger partial charge in [0.05, 0.1) is 4.90 Å². The lowest BCUT2D eigenvalue weighted by molar-refractivity contribution is 0.102. The Bertz CT molecular complexity index is 1130. The van der Waals surface area contributed by atoms with Crippen molar-refractivity contribution in [3.8, 4) is 11.6 Å². The van der Waals surface area contributed by atoms with Gasteiger partial charge in [-0.1, -0.05) is 18.4 Å². The van der Waals surface area contributed by atoms with E-state index in [4.69, 9.17) is 4.42 Å². The van der Waals surface area contributed by atoms with Gasteiger partial charge in [-0.3, -0.25) is 14.8 Å². The zero-order valence-electron chi connectivity index (χ0n) is 17.9. The fraction of sp³-hybridized carbons (Fsp3) is 0.400. The van der Waals surface area contributed by atoms with Crippen LogP contribution in [0.3, 0.4) is 0 Å². The van der Waals surface area contributed by atoms with Crippen molar-refractivity contribution in [1.29, 1.82) is 0 Å². The van der Waals surface area contributed by atoms with Crippen molar-refractivity contribution in [2.24, 2.45) is 0 Å². The molecule has 2 heterocycles. The van der Waals surface area contributed by atoms with E-state index < -0.39 is 15.9 Å². The molecule has 0 fully saturated rings. The molecule has 3 aromatic rings. The monoisotopic (exact) mass is 446 g/mol. The summed E-state index contributed by atoms with van der Waals surface area (Å²) in [6.45, 7) is 6.43. The molecule has 0 atom stereocenters. The Kier molecular flexibility index (Phi) is 6.86. The van der Waals surface area contributed by atoms with Crippen molar-refractivity contribution in [1.82, 2.24) is 24.3 Å². The molecule has 11 heteroatoms. The summed E-state index contributed by atoms with van der Waals surface area (Å²) in [5.41, 5.74) is 0.766. The van der Waals surface area contributed by atoms with Gasteiger partial charge >= 0.3 is 6.01 Å². The molecule has 1 amide bonds. The highest BCUT2D eigenvalue weighted by atomic mass is 32.2. The molecule has 2 aromatic heterocycles. The van der Waals surface area contributed by atoms with Crippen LogP contribution >= 0.6 is 0 Å². The normalized spacial score (nSPS) is 11.9. The summed E-state index contributed by atoms with van der Waals surface area (Å²) < 4.78 is 33.7. The number of hydrogen-bond donors (Lipinski definition) is 1. The van der Waals surface area contributed by atoms with Crippen LogP contribution in [-0.2, 0) is 10.0 Å². The number of aromatic nitrogens is 4. The quantitative estimate of drug-likeness (QED) is 0.535. The van der Waals surface area contributed by atoms with Crippen LogP contribution < -0.4 is 5.32 Å². The molecule has 1 N–H and O–H groups in total. The van der Waals surface area contributed by atoms with Crippen LogP contribution in [0, 0.1) is 0 Å². The zero-order valence-corrected chi connectivity index (χ0v) is 18.8. The molecular formula is C20H26N6O4S. The van der Waals surface area contributed by atoms with E-state index >= 15 is 0 Å². The molecule has 31 heavy (non-hydrogen) atoms. The van der Waals surface area contributed by atoms with E-state index in [1.807, 2.05) is 20.8 Å². The van der Waals surface area contributed by atoms with Crippen LogP contribution in [-0.4, -0.2) is 52.2 Å². The third-order valence-electron chi connectivity index (χ3n) is 4.65. The Morgan fingerprint density at radius 1 is 1.19 bits per heavy atom. The molecule has 0 aliphatic carbocycles. The van der Waals surface area contributed by atoms with Crippen LogP contribution in [0.15, 0.2) is 45.8 Å². The molecule has 1 aromatic carbocycles. The molecular weight excluding hydrogens is 420 g/mol. The topological polar surface area (TPSA) is 123 Å². The minimum Gasteiger partial charge on any atom is -0.401 e. The SMILES string of the molecule is CCCCN(C)S(=O)(=O)c1ccc(C(=O)Nc2nnc(-c3ccn(C(C)C)n3)o2)cc1. The van der Waals surface area contributed by atoms with Crippen LogP contribution in [0.25, 0.3) is 11.6 Å². The van der Waals surface area contributed by atoms with Crippen LogP contribution in [0.5, 0.6) is 0 Å². The summed E-state index contributed by atoms with van der Waals surface area (Å²) >= 11 is 0. The second-order valence-electron chi connectivity index (χ2n) is 7.35. The number of benzene rings is 1. The van der Waals surface area contributed by atoms with Gasteiger partial charge in [0.2, 0.25) is 10.0 Å². The van der Waals surface area contributed by atoms with E-state index in [1.165, 1.54) is 28.6 Å². The van der Waals surface area contributed by atoms with Gasteiger partial charge in [0, 0.05) is 31.4 Å². The van der Waals surface area contributed by atoms with Crippen molar-refractivity contribution in [3.05, 3.63) is 42.1 Å².